The van der Waals surface area contributed by atoms with Crippen LogP contribution in [0, 0.1) is 12.7 Å². The Hall–Kier alpha value is -2.00. The first-order valence-corrected chi connectivity index (χ1v) is 7.68. The van der Waals surface area contributed by atoms with Crippen molar-refractivity contribution in [2.75, 3.05) is 12.3 Å². The van der Waals surface area contributed by atoms with Crippen molar-refractivity contribution in [1.29, 1.82) is 0 Å². The maximum absolute atomic E-state index is 13.8. The molecule has 0 saturated carbocycles. The smallest absolute Gasteiger partial charge is 0.243 e. The zero-order valence-electron chi connectivity index (χ0n) is 11.7. The predicted molar refractivity (Wildman–Crippen MR) is 75.4 cm³/mol. The summed E-state index contributed by atoms with van der Waals surface area (Å²) in [4.78, 5) is 3.52. The maximum atomic E-state index is 13.8. The summed E-state index contributed by atoms with van der Waals surface area (Å²) in [7, 11) is -2.25. The van der Waals surface area contributed by atoms with E-state index in [1.165, 1.54) is 11.0 Å². The summed E-state index contributed by atoms with van der Waals surface area (Å²) in [6, 6.07) is 2.22. The van der Waals surface area contributed by atoms with Gasteiger partial charge in [-0.05, 0) is 24.6 Å². The van der Waals surface area contributed by atoms with Crippen LogP contribution in [0.15, 0.2) is 23.4 Å². The molecule has 9 heteroatoms. The molecule has 2 rings (SSSR count). The minimum absolute atomic E-state index is 0.0690. The van der Waals surface area contributed by atoms with Crippen molar-refractivity contribution in [2.24, 2.45) is 7.05 Å². The highest BCUT2D eigenvalue weighted by atomic mass is 32.2. The van der Waals surface area contributed by atoms with E-state index < -0.39 is 20.7 Å². The molecule has 0 bridgehead atoms. The molecule has 0 saturated heterocycles. The number of nitrogens with one attached hydrogen (secondary N) is 1. The molecule has 0 fully saturated rings. The number of aromatic nitrogens is 3. The summed E-state index contributed by atoms with van der Waals surface area (Å²) in [5.41, 5.74) is 6.34. The molecular formula is C12H16FN5O2S. The average molecular weight is 313 g/mol. The Morgan fingerprint density at radius 1 is 1.43 bits per heavy atom. The molecule has 0 aliphatic carbocycles. The van der Waals surface area contributed by atoms with Crippen molar-refractivity contribution in [1.82, 2.24) is 19.5 Å². The molecule has 1 aromatic heterocycles. The first-order valence-electron chi connectivity index (χ1n) is 6.19. The van der Waals surface area contributed by atoms with Crippen LogP contribution in [0.2, 0.25) is 0 Å². The van der Waals surface area contributed by atoms with Crippen LogP contribution in [0.4, 0.5) is 10.1 Å². The summed E-state index contributed by atoms with van der Waals surface area (Å²) in [6.45, 7) is 1.68. The van der Waals surface area contributed by atoms with E-state index in [0.717, 1.165) is 12.1 Å². The topological polar surface area (TPSA) is 103 Å². The van der Waals surface area contributed by atoms with Crippen molar-refractivity contribution in [3.63, 3.8) is 0 Å². The first kappa shape index (κ1) is 15.4. The van der Waals surface area contributed by atoms with Crippen LogP contribution in [-0.4, -0.2) is 29.7 Å². The van der Waals surface area contributed by atoms with Gasteiger partial charge < -0.3 is 5.73 Å². The standard InChI is InChI=1S/C12H16FN5O2S/c1-8-5-9(13)11(6-10(8)14)21(19,20)16-4-3-12-15-7-18(2)17-12/h5-7,16H,3-4,14H2,1-2H3. The van der Waals surface area contributed by atoms with Crippen LogP contribution < -0.4 is 10.5 Å². The number of benzene rings is 1. The molecule has 1 heterocycles. The molecule has 0 unspecified atom stereocenters. The van der Waals surface area contributed by atoms with Gasteiger partial charge in [0, 0.05) is 25.7 Å². The Morgan fingerprint density at radius 2 is 2.14 bits per heavy atom. The molecular weight excluding hydrogens is 297 g/mol. The minimum atomic E-state index is -3.96. The van der Waals surface area contributed by atoms with Gasteiger partial charge in [0.05, 0.1) is 0 Å². The van der Waals surface area contributed by atoms with Gasteiger partial charge in [-0.1, -0.05) is 0 Å². The predicted octanol–water partition coefficient (Wildman–Crippen LogP) is 0.366. The van der Waals surface area contributed by atoms with E-state index in [-0.39, 0.29) is 12.2 Å². The Balaban J connectivity index is 2.10. The van der Waals surface area contributed by atoms with Crippen molar-refractivity contribution in [3.05, 3.63) is 35.7 Å². The van der Waals surface area contributed by atoms with Gasteiger partial charge in [0.2, 0.25) is 10.0 Å². The first-order chi connectivity index (χ1) is 9.79. The van der Waals surface area contributed by atoms with Crippen LogP contribution in [0.1, 0.15) is 11.4 Å². The second-order valence-corrected chi connectivity index (χ2v) is 6.36. The maximum Gasteiger partial charge on any atom is 0.243 e. The van der Waals surface area contributed by atoms with Crippen LogP contribution >= 0.6 is 0 Å². The lowest BCUT2D eigenvalue weighted by Crippen LogP contribution is -2.27. The lowest BCUT2D eigenvalue weighted by Gasteiger charge is -2.09. The zero-order valence-corrected chi connectivity index (χ0v) is 12.5. The Kier molecular flexibility index (Phi) is 4.24. The Bertz CT molecular complexity index is 757. The van der Waals surface area contributed by atoms with E-state index in [2.05, 4.69) is 14.8 Å². The molecule has 0 atom stereocenters. The van der Waals surface area contributed by atoms with Gasteiger partial charge in [0.25, 0.3) is 0 Å². The van der Waals surface area contributed by atoms with Crippen LogP contribution in [0.5, 0.6) is 0 Å². The Morgan fingerprint density at radius 3 is 2.76 bits per heavy atom. The van der Waals surface area contributed by atoms with E-state index in [1.54, 1.807) is 14.0 Å². The average Bonchev–Trinajstić information content (AvgIpc) is 2.79. The number of sulfonamides is 1. The summed E-state index contributed by atoms with van der Waals surface area (Å²) in [5.74, 6) is -0.325. The number of hydrogen-bond acceptors (Lipinski definition) is 5. The number of anilines is 1. The molecule has 0 radical (unpaired) electrons. The van der Waals surface area contributed by atoms with Crippen LogP contribution in [-0.2, 0) is 23.5 Å². The van der Waals surface area contributed by atoms with Gasteiger partial charge in [-0.2, -0.15) is 5.10 Å². The normalized spacial score (nSPS) is 11.8. The molecule has 21 heavy (non-hydrogen) atoms. The van der Waals surface area contributed by atoms with Crippen molar-refractivity contribution >= 4 is 15.7 Å². The fraction of sp³-hybridized carbons (Fsp3) is 0.333. The third-order valence-corrected chi connectivity index (χ3v) is 4.37. The van der Waals surface area contributed by atoms with E-state index in [4.69, 9.17) is 5.73 Å². The van der Waals surface area contributed by atoms with Gasteiger partial charge in [-0.3, -0.25) is 4.68 Å². The van der Waals surface area contributed by atoms with Gasteiger partial charge in [0.15, 0.2) is 5.82 Å². The van der Waals surface area contributed by atoms with Crippen molar-refractivity contribution in [2.45, 2.75) is 18.2 Å². The molecule has 114 valence electrons. The van der Waals surface area contributed by atoms with Crippen molar-refractivity contribution in [3.8, 4) is 0 Å². The van der Waals surface area contributed by atoms with Crippen LogP contribution in [0.3, 0.4) is 0 Å². The third-order valence-electron chi connectivity index (χ3n) is 2.90. The summed E-state index contributed by atoms with van der Waals surface area (Å²) < 4.78 is 41.7. The molecule has 0 aliphatic heterocycles. The number of aryl methyl sites for hydroxylation is 2. The summed E-state index contributed by atoms with van der Waals surface area (Å²) >= 11 is 0. The Labute approximate surface area is 122 Å². The minimum Gasteiger partial charge on any atom is -0.398 e. The van der Waals surface area contributed by atoms with E-state index in [9.17, 15) is 12.8 Å². The number of hydrogen-bond donors (Lipinski definition) is 2. The van der Waals surface area contributed by atoms with Crippen molar-refractivity contribution < 1.29 is 12.8 Å². The lowest BCUT2D eigenvalue weighted by molar-refractivity contribution is 0.556. The zero-order chi connectivity index (χ0) is 15.6. The van der Waals surface area contributed by atoms with Crippen LogP contribution in [0.25, 0.3) is 0 Å². The largest absolute Gasteiger partial charge is 0.398 e. The highest BCUT2D eigenvalue weighted by molar-refractivity contribution is 7.89. The van der Waals surface area contributed by atoms with E-state index in [0.29, 0.717) is 17.8 Å². The number of nitrogen functional groups attached to an aromatic ring is 1. The second kappa shape index (κ2) is 5.78. The monoisotopic (exact) mass is 313 g/mol. The third kappa shape index (κ3) is 3.56. The lowest BCUT2D eigenvalue weighted by atomic mass is 10.2. The van der Waals surface area contributed by atoms with Gasteiger partial charge in [0.1, 0.15) is 17.0 Å². The quantitative estimate of drug-likeness (QED) is 0.776. The fourth-order valence-electron chi connectivity index (χ4n) is 1.75. The highest BCUT2D eigenvalue weighted by Gasteiger charge is 2.20. The summed E-state index contributed by atoms with van der Waals surface area (Å²) in [6.07, 6.45) is 1.83. The molecule has 0 aliphatic rings. The second-order valence-electron chi connectivity index (χ2n) is 4.62. The highest BCUT2D eigenvalue weighted by Crippen LogP contribution is 2.21. The van der Waals surface area contributed by atoms with Gasteiger partial charge in [-0.25, -0.2) is 22.5 Å². The van der Waals surface area contributed by atoms with E-state index in [1.807, 2.05) is 0 Å². The number of rotatable bonds is 5. The molecule has 3 N–H and O–H groups in total. The van der Waals surface area contributed by atoms with E-state index >= 15 is 0 Å². The molecule has 0 amide bonds. The number of nitrogens with two attached hydrogens (primary N) is 1. The fourth-order valence-corrected chi connectivity index (χ4v) is 2.87. The molecule has 1 aromatic carbocycles. The SMILES string of the molecule is Cc1cc(F)c(S(=O)(=O)NCCc2ncn(C)n2)cc1N. The molecule has 0 spiro atoms. The van der Waals surface area contributed by atoms with Gasteiger partial charge in [-0.15, -0.1) is 0 Å². The molecule has 7 nitrogen and oxygen atoms in total. The number of halogens is 1. The van der Waals surface area contributed by atoms with Gasteiger partial charge >= 0.3 is 0 Å². The number of nitrogens with zero attached hydrogens (tertiary/aromatic N) is 3. The summed E-state index contributed by atoms with van der Waals surface area (Å²) in [5, 5.41) is 4.02. The molecule has 2 aromatic rings.